The number of aldehydes is 1. The average Bonchev–Trinajstić information content (AvgIpc) is 2.29. The Morgan fingerprint density at radius 3 is 2.81 bits per heavy atom. The monoisotopic (exact) mass is 219 g/mol. The van der Waals surface area contributed by atoms with E-state index in [1.54, 1.807) is 6.07 Å². The molecule has 1 N–H and O–H groups in total. The Morgan fingerprint density at radius 2 is 2.31 bits per heavy atom. The summed E-state index contributed by atoms with van der Waals surface area (Å²) in [6, 6.07) is 5.03. The molecule has 1 aromatic rings. The van der Waals surface area contributed by atoms with E-state index in [0.29, 0.717) is 17.5 Å². The molecule has 0 saturated heterocycles. The van der Waals surface area contributed by atoms with Gasteiger partial charge in [0.15, 0.2) is 11.5 Å². The normalized spacial score (nSPS) is 11.6. The van der Waals surface area contributed by atoms with Gasteiger partial charge in [0.1, 0.15) is 6.29 Å². The van der Waals surface area contributed by atoms with Gasteiger partial charge in [-0.3, -0.25) is 0 Å². The number of hydrogen-bond donors (Lipinski definition) is 1. The van der Waals surface area contributed by atoms with Crippen LogP contribution in [-0.2, 0) is 4.79 Å². The summed E-state index contributed by atoms with van der Waals surface area (Å²) in [4.78, 5) is 10.4. The second-order valence-electron chi connectivity index (χ2n) is 3.53. The van der Waals surface area contributed by atoms with Gasteiger partial charge in [-0.05, 0) is 12.0 Å². The number of carbonyl (C=O) groups excluding carboxylic acids is 1. The quantitative estimate of drug-likeness (QED) is 0.786. The fourth-order valence-electron chi connectivity index (χ4n) is 1.50. The Labute approximate surface area is 94.1 Å². The number of aromatic hydroxyl groups is 1. The summed E-state index contributed by atoms with van der Waals surface area (Å²) in [5.74, 6) is 0.113. The van der Waals surface area contributed by atoms with Crippen LogP contribution >= 0.6 is 0 Å². The van der Waals surface area contributed by atoms with Crippen molar-refractivity contribution in [1.29, 1.82) is 5.26 Å². The Balaban J connectivity index is 3.26. The number of nitrogens with zero attached hydrogens (tertiary/aromatic N) is 1. The minimum Gasteiger partial charge on any atom is -0.504 e. The largest absolute Gasteiger partial charge is 0.504 e. The van der Waals surface area contributed by atoms with E-state index in [9.17, 15) is 9.90 Å². The van der Waals surface area contributed by atoms with Crippen LogP contribution < -0.4 is 4.74 Å². The van der Waals surface area contributed by atoms with E-state index in [2.05, 4.69) is 0 Å². The highest BCUT2D eigenvalue weighted by Crippen LogP contribution is 2.36. The maximum absolute atomic E-state index is 10.4. The molecule has 0 fully saturated rings. The molecule has 84 valence electrons. The molecule has 4 heteroatoms. The number of ether oxygens (including phenoxy) is 1. The van der Waals surface area contributed by atoms with E-state index in [4.69, 9.17) is 10.00 Å². The van der Waals surface area contributed by atoms with Crippen molar-refractivity contribution >= 4 is 6.29 Å². The first-order valence-electron chi connectivity index (χ1n) is 4.88. The average molecular weight is 219 g/mol. The van der Waals surface area contributed by atoms with Crippen molar-refractivity contribution in [2.24, 2.45) is 0 Å². The molecule has 1 atom stereocenters. The molecule has 0 aliphatic heterocycles. The fraction of sp³-hybridized carbons (Fsp3) is 0.333. The molecular formula is C12H13NO3. The summed E-state index contributed by atoms with van der Waals surface area (Å²) >= 11 is 0. The number of methoxy groups -OCH3 is 1. The molecule has 0 aromatic heterocycles. The third-order valence-corrected chi connectivity index (χ3v) is 2.43. The lowest BCUT2D eigenvalue weighted by molar-refractivity contribution is -0.108. The molecule has 0 amide bonds. The Bertz CT molecular complexity index is 435. The number of carbonyl (C=O) groups is 1. The van der Waals surface area contributed by atoms with Crippen LogP contribution in [0.1, 0.15) is 30.4 Å². The number of phenols is 1. The molecule has 0 spiro atoms. The fourth-order valence-corrected chi connectivity index (χ4v) is 1.50. The zero-order valence-corrected chi connectivity index (χ0v) is 9.23. The van der Waals surface area contributed by atoms with Gasteiger partial charge in [0.05, 0.1) is 18.7 Å². The smallest absolute Gasteiger partial charge is 0.162 e. The SMILES string of the molecule is COc1cc(C#N)cc(C(C)CC=O)c1O. The Hall–Kier alpha value is -2.02. The standard InChI is InChI=1S/C12H13NO3/c1-8(3-4-14)10-5-9(7-13)6-11(16-2)12(10)15/h4-6,8,15H,3H2,1-2H3. The highest BCUT2D eigenvalue weighted by Gasteiger charge is 2.15. The van der Waals surface area contributed by atoms with E-state index in [-0.39, 0.29) is 17.4 Å². The van der Waals surface area contributed by atoms with Crippen molar-refractivity contribution < 1.29 is 14.6 Å². The summed E-state index contributed by atoms with van der Waals surface area (Å²) in [6.45, 7) is 1.81. The predicted octanol–water partition coefficient (Wildman–Crippen LogP) is 1.96. The molecule has 0 aliphatic carbocycles. The van der Waals surface area contributed by atoms with Gasteiger partial charge in [-0.2, -0.15) is 5.26 Å². The van der Waals surface area contributed by atoms with E-state index >= 15 is 0 Å². The molecule has 1 rings (SSSR count). The predicted molar refractivity (Wildman–Crippen MR) is 58.5 cm³/mol. The summed E-state index contributed by atoms with van der Waals surface area (Å²) in [7, 11) is 1.42. The summed E-state index contributed by atoms with van der Waals surface area (Å²) in [5.41, 5.74) is 0.963. The van der Waals surface area contributed by atoms with Crippen molar-refractivity contribution in [1.82, 2.24) is 0 Å². The number of benzene rings is 1. The van der Waals surface area contributed by atoms with Crippen LogP contribution in [0.4, 0.5) is 0 Å². The van der Waals surface area contributed by atoms with Gasteiger partial charge in [-0.25, -0.2) is 0 Å². The topological polar surface area (TPSA) is 70.3 Å². The Morgan fingerprint density at radius 1 is 1.62 bits per heavy atom. The van der Waals surface area contributed by atoms with Crippen LogP contribution in [0.2, 0.25) is 0 Å². The first-order chi connectivity index (χ1) is 7.63. The zero-order chi connectivity index (χ0) is 12.1. The molecule has 1 unspecified atom stereocenters. The van der Waals surface area contributed by atoms with Gasteiger partial charge < -0.3 is 14.6 Å². The van der Waals surface area contributed by atoms with Crippen LogP contribution in [0.15, 0.2) is 12.1 Å². The minimum absolute atomic E-state index is 0.00384. The first kappa shape index (κ1) is 12.1. The molecule has 1 aromatic carbocycles. The molecule has 0 aliphatic rings. The van der Waals surface area contributed by atoms with Gasteiger partial charge >= 0.3 is 0 Å². The highest BCUT2D eigenvalue weighted by molar-refractivity contribution is 5.57. The van der Waals surface area contributed by atoms with Gasteiger partial charge in [-0.1, -0.05) is 6.92 Å². The van der Waals surface area contributed by atoms with Crippen LogP contribution in [0.3, 0.4) is 0 Å². The number of phenolic OH excluding ortho intramolecular Hbond substituents is 1. The van der Waals surface area contributed by atoms with Crippen molar-refractivity contribution in [2.45, 2.75) is 19.3 Å². The molecule has 16 heavy (non-hydrogen) atoms. The lowest BCUT2D eigenvalue weighted by atomic mass is 9.95. The van der Waals surface area contributed by atoms with Crippen molar-refractivity contribution in [3.8, 4) is 17.6 Å². The van der Waals surface area contributed by atoms with Gasteiger partial charge in [0.25, 0.3) is 0 Å². The van der Waals surface area contributed by atoms with E-state index in [0.717, 1.165) is 6.29 Å². The zero-order valence-electron chi connectivity index (χ0n) is 9.23. The number of hydrogen-bond acceptors (Lipinski definition) is 4. The Kier molecular flexibility index (Phi) is 3.90. The molecule has 0 saturated carbocycles. The molecular weight excluding hydrogens is 206 g/mol. The number of rotatable bonds is 4. The molecule has 0 bridgehead atoms. The van der Waals surface area contributed by atoms with E-state index in [1.165, 1.54) is 13.2 Å². The summed E-state index contributed by atoms with van der Waals surface area (Å²) in [5, 5.41) is 18.7. The van der Waals surface area contributed by atoms with Crippen molar-refractivity contribution in [3.63, 3.8) is 0 Å². The van der Waals surface area contributed by atoms with Crippen molar-refractivity contribution in [2.75, 3.05) is 7.11 Å². The second kappa shape index (κ2) is 5.17. The molecule has 4 nitrogen and oxygen atoms in total. The van der Waals surface area contributed by atoms with Gasteiger partial charge in [-0.15, -0.1) is 0 Å². The summed E-state index contributed by atoms with van der Waals surface area (Å²) < 4.78 is 4.97. The summed E-state index contributed by atoms with van der Waals surface area (Å²) in [6.07, 6.45) is 1.08. The van der Waals surface area contributed by atoms with E-state index in [1.807, 2.05) is 13.0 Å². The van der Waals surface area contributed by atoms with Crippen LogP contribution in [0.5, 0.6) is 11.5 Å². The van der Waals surface area contributed by atoms with E-state index < -0.39 is 0 Å². The maximum Gasteiger partial charge on any atom is 0.162 e. The lowest BCUT2D eigenvalue weighted by Gasteiger charge is -2.13. The lowest BCUT2D eigenvalue weighted by Crippen LogP contribution is -1.98. The van der Waals surface area contributed by atoms with Crippen LogP contribution in [0.25, 0.3) is 0 Å². The van der Waals surface area contributed by atoms with Crippen molar-refractivity contribution in [3.05, 3.63) is 23.3 Å². The maximum atomic E-state index is 10.4. The third-order valence-electron chi connectivity index (χ3n) is 2.43. The van der Waals surface area contributed by atoms with Gasteiger partial charge in [0.2, 0.25) is 0 Å². The second-order valence-corrected chi connectivity index (χ2v) is 3.53. The van der Waals surface area contributed by atoms with Gasteiger partial charge in [0, 0.05) is 18.1 Å². The molecule has 0 radical (unpaired) electrons. The minimum atomic E-state index is -0.139. The highest BCUT2D eigenvalue weighted by atomic mass is 16.5. The molecule has 0 heterocycles. The van der Waals surface area contributed by atoms with Crippen LogP contribution in [0, 0.1) is 11.3 Å². The number of nitriles is 1. The van der Waals surface area contributed by atoms with Crippen LogP contribution in [-0.4, -0.2) is 18.5 Å². The third kappa shape index (κ3) is 2.31. The first-order valence-corrected chi connectivity index (χ1v) is 4.88.